The zero-order chi connectivity index (χ0) is 13.8. The molecule has 1 heterocycles. The van der Waals surface area contributed by atoms with Gasteiger partial charge in [0.1, 0.15) is 6.54 Å². The second-order valence-corrected chi connectivity index (χ2v) is 4.35. The summed E-state index contributed by atoms with van der Waals surface area (Å²) < 4.78 is 8.71. The van der Waals surface area contributed by atoms with Gasteiger partial charge in [-0.2, -0.15) is 5.10 Å². The zero-order valence-corrected chi connectivity index (χ0v) is 11.7. The Morgan fingerprint density at radius 3 is 2.68 bits per heavy atom. The average molecular weight is 277 g/mol. The molecular weight excluding hydrogens is 262 g/mol. The van der Waals surface area contributed by atoms with Gasteiger partial charge in [-0.3, -0.25) is 9.36 Å². The Hall–Kier alpha value is -1.95. The highest BCUT2D eigenvalue weighted by molar-refractivity contribution is 7.71. The lowest BCUT2D eigenvalue weighted by Gasteiger charge is -2.06. The van der Waals surface area contributed by atoms with Crippen LogP contribution in [0.4, 0.5) is 0 Å². The number of carbonyl (C=O) groups is 1. The molecule has 0 atom stereocenters. The SMILES string of the molecule is CCOC(=O)Cn1c(-c2ccccc2)nn(C)c1=S. The lowest BCUT2D eigenvalue weighted by atomic mass is 10.2. The van der Waals surface area contributed by atoms with Crippen LogP contribution in [0.15, 0.2) is 30.3 Å². The van der Waals surface area contributed by atoms with Crippen LogP contribution in [-0.2, 0) is 23.1 Å². The maximum Gasteiger partial charge on any atom is 0.326 e. The second-order valence-electron chi connectivity index (χ2n) is 3.99. The van der Waals surface area contributed by atoms with E-state index in [1.165, 1.54) is 0 Å². The van der Waals surface area contributed by atoms with E-state index >= 15 is 0 Å². The Kier molecular flexibility index (Phi) is 4.11. The van der Waals surface area contributed by atoms with Crippen molar-refractivity contribution in [3.63, 3.8) is 0 Å². The van der Waals surface area contributed by atoms with Crippen molar-refractivity contribution in [3.8, 4) is 11.4 Å². The van der Waals surface area contributed by atoms with Crippen LogP contribution in [0.25, 0.3) is 11.4 Å². The van der Waals surface area contributed by atoms with E-state index < -0.39 is 0 Å². The van der Waals surface area contributed by atoms with Crippen molar-refractivity contribution < 1.29 is 9.53 Å². The molecule has 1 aromatic carbocycles. The summed E-state index contributed by atoms with van der Waals surface area (Å²) in [5, 5.41) is 4.36. The van der Waals surface area contributed by atoms with E-state index in [4.69, 9.17) is 17.0 Å². The van der Waals surface area contributed by atoms with Crippen molar-refractivity contribution in [2.75, 3.05) is 6.61 Å². The van der Waals surface area contributed by atoms with Gasteiger partial charge in [-0.25, -0.2) is 4.68 Å². The third kappa shape index (κ3) is 2.90. The van der Waals surface area contributed by atoms with Crippen LogP contribution in [0.3, 0.4) is 0 Å². The number of carbonyl (C=O) groups excluding carboxylic acids is 1. The number of ether oxygens (including phenoxy) is 1. The molecule has 0 aliphatic heterocycles. The third-order valence-electron chi connectivity index (χ3n) is 2.63. The topological polar surface area (TPSA) is 49.1 Å². The first-order chi connectivity index (χ1) is 9.13. The van der Waals surface area contributed by atoms with E-state index in [0.29, 0.717) is 17.2 Å². The molecule has 0 fully saturated rings. The molecule has 1 aromatic heterocycles. The van der Waals surface area contributed by atoms with E-state index in [9.17, 15) is 4.79 Å². The molecular formula is C13H15N3O2S. The molecule has 6 heteroatoms. The quantitative estimate of drug-likeness (QED) is 0.635. The fourth-order valence-corrected chi connectivity index (χ4v) is 1.98. The highest BCUT2D eigenvalue weighted by Crippen LogP contribution is 2.17. The van der Waals surface area contributed by atoms with Crippen LogP contribution in [0.5, 0.6) is 0 Å². The molecule has 0 saturated carbocycles. The van der Waals surface area contributed by atoms with Gasteiger partial charge in [-0.1, -0.05) is 30.3 Å². The summed E-state index contributed by atoms with van der Waals surface area (Å²) in [6, 6.07) is 9.62. The van der Waals surface area contributed by atoms with Gasteiger partial charge in [0, 0.05) is 12.6 Å². The van der Waals surface area contributed by atoms with Crippen LogP contribution < -0.4 is 0 Å². The molecule has 0 spiro atoms. The van der Waals surface area contributed by atoms with Gasteiger partial charge in [-0.05, 0) is 19.1 Å². The number of aromatic nitrogens is 3. The fourth-order valence-electron chi connectivity index (χ4n) is 1.78. The Morgan fingerprint density at radius 2 is 2.05 bits per heavy atom. The maximum atomic E-state index is 11.6. The van der Waals surface area contributed by atoms with Gasteiger partial charge in [0.05, 0.1) is 6.61 Å². The van der Waals surface area contributed by atoms with Crippen LogP contribution in [-0.4, -0.2) is 26.9 Å². The standard InChI is InChI=1S/C13H15N3O2S/c1-3-18-11(17)9-16-12(14-15(2)13(16)19)10-7-5-4-6-8-10/h4-8H,3,9H2,1-2H3. The molecule has 0 aliphatic carbocycles. The van der Waals surface area contributed by atoms with Crippen molar-refractivity contribution in [1.29, 1.82) is 0 Å². The summed E-state index contributed by atoms with van der Waals surface area (Å²) in [7, 11) is 1.76. The summed E-state index contributed by atoms with van der Waals surface area (Å²) in [5.74, 6) is 0.352. The first kappa shape index (κ1) is 13.5. The van der Waals surface area contributed by atoms with Gasteiger partial charge in [0.15, 0.2) is 10.6 Å². The first-order valence-electron chi connectivity index (χ1n) is 5.98. The summed E-state index contributed by atoms with van der Waals surface area (Å²) >= 11 is 5.27. The highest BCUT2D eigenvalue weighted by atomic mass is 32.1. The molecule has 19 heavy (non-hydrogen) atoms. The summed E-state index contributed by atoms with van der Waals surface area (Å²) in [4.78, 5) is 11.6. The van der Waals surface area contributed by atoms with Crippen molar-refractivity contribution in [2.45, 2.75) is 13.5 Å². The molecule has 100 valence electrons. The van der Waals surface area contributed by atoms with E-state index in [2.05, 4.69) is 5.10 Å². The summed E-state index contributed by atoms with van der Waals surface area (Å²) in [6.45, 7) is 2.20. The Balaban J connectivity index is 2.42. The minimum Gasteiger partial charge on any atom is -0.465 e. The van der Waals surface area contributed by atoms with E-state index in [-0.39, 0.29) is 12.5 Å². The van der Waals surface area contributed by atoms with E-state index in [1.807, 2.05) is 30.3 Å². The minimum atomic E-state index is -0.316. The zero-order valence-electron chi connectivity index (χ0n) is 10.9. The second kappa shape index (κ2) is 5.79. The number of nitrogens with zero attached hydrogens (tertiary/aromatic N) is 3. The van der Waals surface area contributed by atoms with Crippen molar-refractivity contribution in [1.82, 2.24) is 14.3 Å². The van der Waals surface area contributed by atoms with Gasteiger partial charge in [0.25, 0.3) is 0 Å². The number of hydrogen-bond donors (Lipinski definition) is 0. The Morgan fingerprint density at radius 1 is 1.37 bits per heavy atom. The largest absolute Gasteiger partial charge is 0.465 e. The molecule has 0 N–H and O–H groups in total. The van der Waals surface area contributed by atoms with Crippen molar-refractivity contribution in [2.24, 2.45) is 7.05 Å². The van der Waals surface area contributed by atoms with E-state index in [0.717, 1.165) is 5.56 Å². The van der Waals surface area contributed by atoms with Crippen LogP contribution in [0.2, 0.25) is 0 Å². The molecule has 0 unspecified atom stereocenters. The minimum absolute atomic E-state index is 0.0741. The number of esters is 1. The highest BCUT2D eigenvalue weighted by Gasteiger charge is 2.14. The lowest BCUT2D eigenvalue weighted by Crippen LogP contribution is -2.14. The predicted molar refractivity (Wildman–Crippen MR) is 74.1 cm³/mol. The molecule has 0 amide bonds. The number of aryl methyl sites for hydroxylation is 1. The average Bonchev–Trinajstić information content (AvgIpc) is 2.68. The van der Waals surface area contributed by atoms with Gasteiger partial charge in [0.2, 0.25) is 0 Å². The predicted octanol–water partition coefficient (Wildman–Crippen LogP) is 2.18. The first-order valence-corrected chi connectivity index (χ1v) is 6.39. The molecule has 0 aliphatic rings. The molecule has 2 aromatic rings. The third-order valence-corrected chi connectivity index (χ3v) is 3.12. The van der Waals surface area contributed by atoms with Crippen LogP contribution >= 0.6 is 12.2 Å². The summed E-state index contributed by atoms with van der Waals surface area (Å²) in [6.07, 6.45) is 0. The van der Waals surface area contributed by atoms with Crippen LogP contribution in [0, 0.1) is 4.77 Å². The number of benzene rings is 1. The maximum absolute atomic E-state index is 11.6. The van der Waals surface area contributed by atoms with Crippen molar-refractivity contribution in [3.05, 3.63) is 35.1 Å². The molecule has 0 saturated heterocycles. The fraction of sp³-hybridized carbons (Fsp3) is 0.308. The van der Waals surface area contributed by atoms with Crippen molar-refractivity contribution >= 4 is 18.2 Å². The Bertz CT molecular complexity index is 631. The van der Waals surface area contributed by atoms with Gasteiger partial charge < -0.3 is 4.74 Å². The smallest absolute Gasteiger partial charge is 0.326 e. The number of hydrogen-bond acceptors (Lipinski definition) is 4. The van der Waals surface area contributed by atoms with Crippen LogP contribution in [0.1, 0.15) is 6.92 Å². The molecule has 0 bridgehead atoms. The monoisotopic (exact) mass is 277 g/mol. The molecule has 2 rings (SSSR count). The Labute approximate surface area is 116 Å². The number of rotatable bonds is 4. The van der Waals surface area contributed by atoms with E-state index in [1.54, 1.807) is 23.2 Å². The molecule has 5 nitrogen and oxygen atoms in total. The van der Waals surface area contributed by atoms with Gasteiger partial charge in [-0.15, -0.1) is 0 Å². The lowest BCUT2D eigenvalue weighted by molar-refractivity contribution is -0.143. The van der Waals surface area contributed by atoms with Gasteiger partial charge >= 0.3 is 5.97 Å². The normalized spacial score (nSPS) is 10.4. The summed E-state index contributed by atoms with van der Waals surface area (Å²) in [5.41, 5.74) is 0.915. The molecule has 0 radical (unpaired) electrons.